The molecule has 0 saturated carbocycles. The fourth-order valence-corrected chi connectivity index (χ4v) is 1.54. The van der Waals surface area contributed by atoms with E-state index in [0.717, 1.165) is 0 Å². The molecule has 3 N–H and O–H groups in total. The van der Waals surface area contributed by atoms with Crippen LogP contribution >= 0.6 is 12.6 Å². The maximum atomic E-state index is 10.8. The van der Waals surface area contributed by atoms with Gasteiger partial charge >= 0.3 is 5.97 Å². The number of aliphatic hydroxyl groups is 1. The van der Waals surface area contributed by atoms with E-state index in [-0.39, 0.29) is 5.71 Å². The molecule has 1 unspecified atom stereocenters. The normalized spacial score (nSPS) is 21.1. The van der Waals surface area contributed by atoms with Crippen LogP contribution in [0.15, 0.2) is 28.1 Å². The van der Waals surface area contributed by atoms with E-state index in [2.05, 4.69) is 23.2 Å². The lowest BCUT2D eigenvalue weighted by atomic mass is 10.3. The highest BCUT2D eigenvalue weighted by Crippen LogP contribution is 2.25. The van der Waals surface area contributed by atoms with Crippen LogP contribution in [0.3, 0.4) is 0 Å². The zero-order valence-electron chi connectivity index (χ0n) is 8.32. The van der Waals surface area contributed by atoms with E-state index in [1.807, 2.05) is 0 Å². The van der Waals surface area contributed by atoms with E-state index in [0.29, 0.717) is 10.9 Å². The van der Waals surface area contributed by atoms with E-state index < -0.39 is 12.2 Å². The summed E-state index contributed by atoms with van der Waals surface area (Å²) in [6, 6.07) is 0. The van der Waals surface area contributed by atoms with Gasteiger partial charge in [-0.05, 0) is 6.92 Å². The zero-order chi connectivity index (χ0) is 11.9. The number of carboxylic acid groups (broad SMARTS) is 1. The number of hydrogen-bond acceptors (Lipinski definition) is 7. The lowest BCUT2D eigenvalue weighted by Crippen LogP contribution is -2.44. The average Bonchev–Trinajstić information content (AvgIpc) is 2.61. The first kappa shape index (κ1) is 11.0. The van der Waals surface area contributed by atoms with Crippen molar-refractivity contribution in [1.29, 1.82) is 0 Å². The molecule has 0 amide bonds. The van der Waals surface area contributed by atoms with Gasteiger partial charge in [0.05, 0.1) is 11.2 Å². The number of aliphatic hydroxyl groups excluding tert-OH is 1. The Morgan fingerprint density at radius 1 is 1.69 bits per heavy atom. The molecular weight excluding hydrogens is 232 g/mol. The molecule has 0 spiro atoms. The van der Waals surface area contributed by atoms with Crippen LogP contribution in [0.5, 0.6) is 0 Å². The quantitative estimate of drug-likeness (QED) is 0.487. The third-order valence-electron chi connectivity index (χ3n) is 2.05. The second kappa shape index (κ2) is 3.81. The van der Waals surface area contributed by atoms with Gasteiger partial charge in [0.1, 0.15) is 6.23 Å². The topological polar surface area (TPSA) is 88.4 Å². The molecule has 86 valence electrons. The number of carboxylic acids is 1. The summed E-state index contributed by atoms with van der Waals surface area (Å²) in [5.41, 5.74) is 2.69. The van der Waals surface area contributed by atoms with Crippen molar-refractivity contribution < 1.29 is 15.0 Å². The highest BCUT2D eigenvalue weighted by atomic mass is 32.1. The minimum Gasteiger partial charge on any atom is -0.477 e. The smallest absolute Gasteiger partial charge is 0.354 e. The number of nitrogens with one attached hydrogen (secondary N) is 1. The van der Waals surface area contributed by atoms with Crippen LogP contribution in [0.1, 0.15) is 6.92 Å². The number of nitrogens with zero attached hydrogens (tertiary/aromatic N) is 3. The molecule has 2 aliphatic rings. The van der Waals surface area contributed by atoms with Crippen molar-refractivity contribution in [3.05, 3.63) is 23.1 Å². The van der Waals surface area contributed by atoms with Gasteiger partial charge in [0.2, 0.25) is 0 Å². The van der Waals surface area contributed by atoms with E-state index in [1.165, 1.54) is 22.3 Å². The molecule has 0 aromatic heterocycles. The second-order valence-corrected chi connectivity index (χ2v) is 3.72. The SMILES string of the molecule is CC(O)N1C=C2N=C(C(=O)O)C=C(S)N2N1. The standard InChI is InChI=1S/C8H10N4O3S/c1-4(13)11-3-6-9-5(8(14)15)2-7(16)12(6)10-11/h2-4,10,13,16H,1H3,(H,14,15). The molecule has 0 radical (unpaired) electrons. The Bertz CT molecular complexity index is 429. The maximum Gasteiger partial charge on any atom is 0.354 e. The summed E-state index contributed by atoms with van der Waals surface area (Å²) in [4.78, 5) is 14.7. The number of hydrogen-bond donors (Lipinski definition) is 4. The van der Waals surface area contributed by atoms with Crippen LogP contribution < -0.4 is 5.53 Å². The second-order valence-electron chi connectivity index (χ2n) is 3.27. The molecule has 16 heavy (non-hydrogen) atoms. The number of hydrazine groups is 2. The maximum absolute atomic E-state index is 10.8. The van der Waals surface area contributed by atoms with Gasteiger partial charge in [-0.2, -0.15) is 0 Å². The first-order chi connectivity index (χ1) is 7.49. The summed E-state index contributed by atoms with van der Waals surface area (Å²) in [6.07, 6.45) is 2.06. The number of aliphatic imine (C=N–C) groups is 1. The monoisotopic (exact) mass is 242 g/mol. The fourth-order valence-electron chi connectivity index (χ4n) is 1.27. The number of carbonyl (C=O) groups is 1. The first-order valence-corrected chi connectivity index (χ1v) is 4.91. The Labute approximate surface area is 96.7 Å². The first-order valence-electron chi connectivity index (χ1n) is 4.46. The van der Waals surface area contributed by atoms with Gasteiger partial charge < -0.3 is 10.2 Å². The van der Waals surface area contributed by atoms with Crippen LogP contribution in [0.2, 0.25) is 0 Å². The highest BCUT2D eigenvalue weighted by molar-refractivity contribution is 7.84. The van der Waals surface area contributed by atoms with Crippen molar-refractivity contribution in [3.63, 3.8) is 0 Å². The Balaban J connectivity index is 2.32. The number of fused-ring (bicyclic) bond motifs is 1. The minimum atomic E-state index is -1.12. The summed E-state index contributed by atoms with van der Waals surface area (Å²) < 4.78 is 0. The van der Waals surface area contributed by atoms with Crippen molar-refractivity contribution in [2.45, 2.75) is 13.2 Å². The van der Waals surface area contributed by atoms with E-state index in [1.54, 1.807) is 6.92 Å². The van der Waals surface area contributed by atoms with Crippen molar-refractivity contribution in [3.8, 4) is 0 Å². The molecule has 1 atom stereocenters. The molecule has 0 saturated heterocycles. The lowest BCUT2D eigenvalue weighted by molar-refractivity contribution is -0.129. The van der Waals surface area contributed by atoms with Crippen LogP contribution in [-0.2, 0) is 4.79 Å². The highest BCUT2D eigenvalue weighted by Gasteiger charge is 2.29. The predicted octanol–water partition coefficient (Wildman–Crippen LogP) is -0.529. The number of rotatable bonds is 2. The average molecular weight is 242 g/mol. The van der Waals surface area contributed by atoms with E-state index in [9.17, 15) is 9.90 Å². The molecule has 0 aromatic carbocycles. The third kappa shape index (κ3) is 1.77. The van der Waals surface area contributed by atoms with Crippen LogP contribution in [0.25, 0.3) is 0 Å². The van der Waals surface area contributed by atoms with Gasteiger partial charge in [-0.15, -0.1) is 18.2 Å². The third-order valence-corrected chi connectivity index (χ3v) is 2.38. The lowest BCUT2D eigenvalue weighted by Gasteiger charge is -2.26. The molecule has 7 nitrogen and oxygen atoms in total. The Kier molecular flexibility index (Phi) is 2.62. The molecule has 8 heteroatoms. The number of aliphatic carboxylic acids is 1. The van der Waals surface area contributed by atoms with Gasteiger partial charge in [0.25, 0.3) is 0 Å². The number of thiol groups is 1. The van der Waals surface area contributed by atoms with Crippen molar-refractivity contribution >= 4 is 24.3 Å². The summed E-state index contributed by atoms with van der Waals surface area (Å²) in [7, 11) is 0. The van der Waals surface area contributed by atoms with Gasteiger partial charge in [0.15, 0.2) is 11.5 Å². The molecule has 2 aliphatic heterocycles. The van der Waals surface area contributed by atoms with E-state index in [4.69, 9.17) is 5.11 Å². The fraction of sp³-hybridized carbons (Fsp3) is 0.250. The van der Waals surface area contributed by atoms with Gasteiger partial charge in [0, 0.05) is 6.08 Å². The van der Waals surface area contributed by atoms with Crippen molar-refractivity contribution in [1.82, 2.24) is 15.6 Å². The molecule has 0 fully saturated rings. The van der Waals surface area contributed by atoms with Crippen LogP contribution in [0, 0.1) is 0 Å². The summed E-state index contributed by atoms with van der Waals surface area (Å²) >= 11 is 4.13. The molecule has 0 bridgehead atoms. The van der Waals surface area contributed by atoms with Crippen LogP contribution in [0.4, 0.5) is 0 Å². The summed E-state index contributed by atoms with van der Waals surface area (Å²) in [5, 5.41) is 21.4. The van der Waals surface area contributed by atoms with Gasteiger partial charge in [-0.3, -0.25) is 5.01 Å². The summed E-state index contributed by atoms with van der Waals surface area (Å²) in [6.45, 7) is 1.56. The molecular formula is C8H10N4O3S. The zero-order valence-corrected chi connectivity index (χ0v) is 9.22. The molecule has 0 aliphatic carbocycles. The Morgan fingerprint density at radius 2 is 2.38 bits per heavy atom. The molecule has 2 rings (SSSR count). The molecule has 0 aromatic rings. The Hall–Kier alpha value is -1.51. The minimum absolute atomic E-state index is 0.0956. The van der Waals surface area contributed by atoms with Gasteiger partial charge in [-0.1, -0.05) is 0 Å². The van der Waals surface area contributed by atoms with E-state index >= 15 is 0 Å². The van der Waals surface area contributed by atoms with Gasteiger partial charge in [-0.25, -0.2) is 14.8 Å². The van der Waals surface area contributed by atoms with Crippen LogP contribution in [-0.4, -0.2) is 38.1 Å². The Morgan fingerprint density at radius 3 is 2.94 bits per heavy atom. The summed E-state index contributed by atoms with van der Waals surface area (Å²) in [5.74, 6) is -0.756. The molecule has 2 heterocycles. The predicted molar refractivity (Wildman–Crippen MR) is 58.7 cm³/mol. The largest absolute Gasteiger partial charge is 0.477 e. The van der Waals surface area contributed by atoms with Crippen molar-refractivity contribution in [2.24, 2.45) is 4.99 Å². The van der Waals surface area contributed by atoms with Crippen molar-refractivity contribution in [2.75, 3.05) is 0 Å².